The molecule has 0 bridgehead atoms. The quantitative estimate of drug-likeness (QED) is 0.641. The molecular formula is C10H9NO2. The Morgan fingerprint density at radius 1 is 1.08 bits per heavy atom. The summed E-state index contributed by atoms with van der Waals surface area (Å²) in [7, 11) is 0. The molecule has 0 saturated carbocycles. The summed E-state index contributed by atoms with van der Waals surface area (Å²) in [5.41, 5.74) is 0.487. The largest absolute Gasteiger partial charge is 0.364 e. The summed E-state index contributed by atoms with van der Waals surface area (Å²) >= 11 is 0. The van der Waals surface area contributed by atoms with Gasteiger partial charge in [0.1, 0.15) is 0 Å². The fraction of sp³-hybridized carbons (Fsp3) is 0.100. The van der Waals surface area contributed by atoms with E-state index < -0.39 is 6.29 Å². The maximum absolute atomic E-state index is 8.92. The molecule has 0 aliphatic heterocycles. The van der Waals surface area contributed by atoms with E-state index in [-0.39, 0.29) is 0 Å². The Morgan fingerprint density at radius 3 is 2.69 bits per heavy atom. The van der Waals surface area contributed by atoms with Crippen molar-refractivity contribution in [1.29, 1.82) is 0 Å². The van der Waals surface area contributed by atoms with Gasteiger partial charge in [0.2, 0.25) is 0 Å². The Kier molecular flexibility index (Phi) is 1.96. The lowest BCUT2D eigenvalue weighted by Crippen LogP contribution is -1.93. The van der Waals surface area contributed by atoms with Gasteiger partial charge in [-0.15, -0.1) is 0 Å². The van der Waals surface area contributed by atoms with Crippen molar-refractivity contribution in [2.45, 2.75) is 6.29 Å². The molecule has 0 amide bonds. The van der Waals surface area contributed by atoms with Crippen LogP contribution in [0.2, 0.25) is 0 Å². The highest BCUT2D eigenvalue weighted by molar-refractivity contribution is 5.82. The zero-order valence-electron chi connectivity index (χ0n) is 6.88. The number of hydrogen-bond donors (Lipinski definition) is 2. The second-order valence-electron chi connectivity index (χ2n) is 2.86. The van der Waals surface area contributed by atoms with Crippen LogP contribution in [0.25, 0.3) is 10.8 Å². The van der Waals surface area contributed by atoms with Gasteiger partial charge in [0.25, 0.3) is 0 Å². The van der Waals surface area contributed by atoms with E-state index >= 15 is 0 Å². The molecule has 2 rings (SSSR count). The molecule has 0 saturated heterocycles. The van der Waals surface area contributed by atoms with E-state index in [2.05, 4.69) is 4.98 Å². The summed E-state index contributed by atoms with van der Waals surface area (Å²) in [6.07, 6.45) is 1.99. The van der Waals surface area contributed by atoms with Crippen molar-refractivity contribution < 1.29 is 10.2 Å². The fourth-order valence-electron chi connectivity index (χ4n) is 1.26. The first kappa shape index (κ1) is 8.16. The third-order valence-corrected chi connectivity index (χ3v) is 1.96. The van der Waals surface area contributed by atoms with E-state index in [1.54, 1.807) is 24.5 Å². The van der Waals surface area contributed by atoms with E-state index in [4.69, 9.17) is 10.2 Å². The summed E-state index contributed by atoms with van der Waals surface area (Å²) in [6.45, 7) is 0. The SMILES string of the molecule is OC(O)c1ccc2ccncc2c1. The van der Waals surface area contributed by atoms with E-state index in [1.807, 2.05) is 12.1 Å². The van der Waals surface area contributed by atoms with Crippen molar-refractivity contribution in [2.75, 3.05) is 0 Å². The Bertz CT molecular complexity index is 426. The summed E-state index contributed by atoms with van der Waals surface area (Å²) < 4.78 is 0. The molecule has 0 atom stereocenters. The number of pyridine rings is 1. The van der Waals surface area contributed by atoms with Gasteiger partial charge < -0.3 is 10.2 Å². The van der Waals surface area contributed by atoms with E-state index in [1.165, 1.54) is 0 Å². The van der Waals surface area contributed by atoms with Crippen molar-refractivity contribution in [2.24, 2.45) is 0 Å². The molecule has 1 heterocycles. The second-order valence-corrected chi connectivity index (χ2v) is 2.86. The number of aromatic nitrogens is 1. The van der Waals surface area contributed by atoms with Crippen LogP contribution in [0.1, 0.15) is 11.9 Å². The van der Waals surface area contributed by atoms with Crippen LogP contribution in [-0.2, 0) is 0 Å². The van der Waals surface area contributed by atoms with Crippen LogP contribution in [0.3, 0.4) is 0 Å². The van der Waals surface area contributed by atoms with Crippen LogP contribution in [-0.4, -0.2) is 15.2 Å². The average Bonchev–Trinajstić information content (AvgIpc) is 2.17. The van der Waals surface area contributed by atoms with Crippen LogP contribution in [0.5, 0.6) is 0 Å². The number of benzene rings is 1. The monoisotopic (exact) mass is 175 g/mol. The molecule has 0 unspecified atom stereocenters. The van der Waals surface area contributed by atoms with Crippen LogP contribution < -0.4 is 0 Å². The predicted molar refractivity (Wildman–Crippen MR) is 48.9 cm³/mol. The molecule has 0 fully saturated rings. The van der Waals surface area contributed by atoms with Gasteiger partial charge in [-0.1, -0.05) is 12.1 Å². The van der Waals surface area contributed by atoms with E-state index in [0.717, 1.165) is 10.8 Å². The van der Waals surface area contributed by atoms with Crippen LogP contribution in [0.4, 0.5) is 0 Å². The van der Waals surface area contributed by atoms with Gasteiger partial charge in [0, 0.05) is 23.3 Å². The minimum atomic E-state index is -1.41. The lowest BCUT2D eigenvalue weighted by atomic mass is 10.1. The van der Waals surface area contributed by atoms with Crippen molar-refractivity contribution in [3.05, 3.63) is 42.2 Å². The minimum Gasteiger partial charge on any atom is -0.364 e. The van der Waals surface area contributed by atoms with E-state index in [0.29, 0.717) is 5.56 Å². The number of hydrogen-bond acceptors (Lipinski definition) is 3. The first-order valence-corrected chi connectivity index (χ1v) is 3.97. The third-order valence-electron chi connectivity index (χ3n) is 1.96. The van der Waals surface area contributed by atoms with Gasteiger partial charge in [-0.05, 0) is 17.5 Å². The molecule has 0 aliphatic carbocycles. The standard InChI is InChI=1S/C10H9NO2/c12-10(13)8-2-1-7-3-4-11-6-9(7)5-8/h1-6,10,12-13H. The highest BCUT2D eigenvalue weighted by atomic mass is 16.5. The van der Waals surface area contributed by atoms with Crippen molar-refractivity contribution in [1.82, 2.24) is 4.98 Å². The van der Waals surface area contributed by atoms with Gasteiger partial charge in [-0.3, -0.25) is 4.98 Å². The molecule has 0 spiro atoms. The molecule has 66 valence electrons. The zero-order valence-corrected chi connectivity index (χ0v) is 6.88. The Hall–Kier alpha value is -1.45. The first-order valence-electron chi connectivity index (χ1n) is 3.97. The highest BCUT2D eigenvalue weighted by Crippen LogP contribution is 2.17. The maximum atomic E-state index is 8.92. The molecule has 13 heavy (non-hydrogen) atoms. The van der Waals surface area contributed by atoms with Crippen molar-refractivity contribution in [3.63, 3.8) is 0 Å². The zero-order chi connectivity index (χ0) is 9.26. The normalized spacial score (nSPS) is 11.0. The summed E-state index contributed by atoms with van der Waals surface area (Å²) in [4.78, 5) is 3.95. The van der Waals surface area contributed by atoms with Crippen LogP contribution in [0, 0.1) is 0 Å². The molecule has 0 aliphatic rings. The highest BCUT2D eigenvalue weighted by Gasteiger charge is 2.02. The average molecular weight is 175 g/mol. The number of nitrogens with zero attached hydrogens (tertiary/aromatic N) is 1. The molecule has 2 N–H and O–H groups in total. The molecule has 1 aromatic heterocycles. The lowest BCUT2D eigenvalue weighted by Gasteiger charge is -2.04. The Labute approximate surface area is 75.3 Å². The van der Waals surface area contributed by atoms with Gasteiger partial charge in [0.05, 0.1) is 0 Å². The summed E-state index contributed by atoms with van der Waals surface area (Å²) in [5, 5.41) is 19.8. The van der Waals surface area contributed by atoms with Crippen molar-refractivity contribution >= 4 is 10.8 Å². The summed E-state index contributed by atoms with van der Waals surface area (Å²) in [5.74, 6) is 0. The van der Waals surface area contributed by atoms with Crippen LogP contribution in [0.15, 0.2) is 36.7 Å². The topological polar surface area (TPSA) is 53.4 Å². The van der Waals surface area contributed by atoms with Crippen molar-refractivity contribution in [3.8, 4) is 0 Å². The molecule has 1 aromatic carbocycles. The molecule has 3 nitrogen and oxygen atoms in total. The number of fused-ring (bicyclic) bond motifs is 1. The van der Waals surface area contributed by atoms with Crippen LogP contribution >= 0.6 is 0 Å². The van der Waals surface area contributed by atoms with Gasteiger partial charge in [0.15, 0.2) is 6.29 Å². The second kappa shape index (κ2) is 3.12. The Morgan fingerprint density at radius 2 is 1.92 bits per heavy atom. The first-order chi connectivity index (χ1) is 6.27. The number of aliphatic hydroxyl groups is 2. The Balaban J connectivity index is 2.62. The fourth-order valence-corrected chi connectivity index (χ4v) is 1.26. The lowest BCUT2D eigenvalue weighted by molar-refractivity contribution is -0.0423. The van der Waals surface area contributed by atoms with Gasteiger partial charge in [-0.25, -0.2) is 0 Å². The van der Waals surface area contributed by atoms with E-state index in [9.17, 15) is 0 Å². The molecule has 3 heteroatoms. The number of rotatable bonds is 1. The van der Waals surface area contributed by atoms with Gasteiger partial charge in [-0.2, -0.15) is 0 Å². The molecular weight excluding hydrogens is 166 g/mol. The molecule has 0 radical (unpaired) electrons. The maximum Gasteiger partial charge on any atom is 0.178 e. The minimum absolute atomic E-state index is 0.487. The smallest absolute Gasteiger partial charge is 0.178 e. The number of aliphatic hydroxyl groups excluding tert-OH is 1. The van der Waals surface area contributed by atoms with Gasteiger partial charge >= 0.3 is 0 Å². The predicted octanol–water partition coefficient (Wildman–Crippen LogP) is 1.22. The summed E-state index contributed by atoms with van der Waals surface area (Å²) in [6, 6.07) is 7.12. The third kappa shape index (κ3) is 1.52. The molecule has 2 aromatic rings.